The van der Waals surface area contributed by atoms with Crippen LogP contribution in [0, 0.1) is 0 Å². The summed E-state index contributed by atoms with van der Waals surface area (Å²) in [7, 11) is 0. The predicted octanol–water partition coefficient (Wildman–Crippen LogP) is 5.26. The van der Waals surface area contributed by atoms with E-state index < -0.39 is 0 Å². The highest BCUT2D eigenvalue weighted by Gasteiger charge is 1.85. The normalized spacial score (nSPS) is 11.9. The van der Waals surface area contributed by atoms with Crippen LogP contribution >= 0.6 is 0 Å². The van der Waals surface area contributed by atoms with Crippen LogP contribution in [0.25, 0.3) is 0 Å². The molecule has 0 saturated carbocycles. The lowest BCUT2D eigenvalue weighted by Crippen LogP contribution is -1.75. The second kappa shape index (κ2) is 12.5. The first-order valence-corrected chi connectivity index (χ1v) is 6.21. The van der Waals surface area contributed by atoms with Crippen LogP contribution in [0.15, 0.2) is 24.3 Å². The van der Waals surface area contributed by atoms with Crippen molar-refractivity contribution in [2.45, 2.75) is 65.2 Å². The Morgan fingerprint density at radius 2 is 1.43 bits per heavy atom. The Morgan fingerprint density at radius 1 is 0.714 bits per heavy atom. The van der Waals surface area contributed by atoms with Crippen LogP contribution in [0.2, 0.25) is 0 Å². The number of hydrogen-bond acceptors (Lipinski definition) is 0. The molecule has 0 heteroatoms. The van der Waals surface area contributed by atoms with Crippen molar-refractivity contribution in [1.29, 1.82) is 0 Å². The van der Waals surface area contributed by atoms with E-state index in [-0.39, 0.29) is 0 Å². The van der Waals surface area contributed by atoms with Crippen LogP contribution in [-0.4, -0.2) is 0 Å². The highest BCUT2D eigenvalue weighted by molar-refractivity contribution is 4.92. The van der Waals surface area contributed by atoms with E-state index in [1.165, 1.54) is 38.5 Å². The van der Waals surface area contributed by atoms with Crippen LogP contribution in [0.3, 0.4) is 0 Å². The molecule has 0 aromatic heterocycles. The molecule has 0 unspecified atom stereocenters. The SMILES string of the molecule is CC/C=C/C/C=C/CCCCCCC. The molecule has 0 aliphatic heterocycles. The summed E-state index contributed by atoms with van der Waals surface area (Å²) in [4.78, 5) is 0. The maximum atomic E-state index is 2.33. The van der Waals surface area contributed by atoms with Crippen molar-refractivity contribution in [3.63, 3.8) is 0 Å². The van der Waals surface area contributed by atoms with Crippen molar-refractivity contribution in [2.24, 2.45) is 0 Å². The first kappa shape index (κ1) is 13.5. The van der Waals surface area contributed by atoms with Gasteiger partial charge in [0, 0.05) is 0 Å². The minimum Gasteiger partial charge on any atom is -0.0885 e. The van der Waals surface area contributed by atoms with Crippen molar-refractivity contribution in [2.75, 3.05) is 0 Å². The van der Waals surface area contributed by atoms with Gasteiger partial charge in [-0.1, -0.05) is 63.8 Å². The summed E-state index contributed by atoms with van der Waals surface area (Å²) in [5, 5.41) is 0. The molecule has 0 aliphatic rings. The number of unbranched alkanes of at least 4 members (excludes halogenated alkanes) is 5. The number of allylic oxidation sites excluding steroid dienone is 4. The van der Waals surface area contributed by atoms with Crippen LogP contribution in [0.5, 0.6) is 0 Å². The molecular weight excluding hydrogens is 168 g/mol. The van der Waals surface area contributed by atoms with E-state index in [2.05, 4.69) is 38.2 Å². The lowest BCUT2D eigenvalue weighted by atomic mass is 10.1. The van der Waals surface area contributed by atoms with Crippen molar-refractivity contribution >= 4 is 0 Å². The summed E-state index contributed by atoms with van der Waals surface area (Å²) in [6.45, 7) is 4.44. The Bertz CT molecular complexity index is 142. The van der Waals surface area contributed by atoms with Crippen LogP contribution < -0.4 is 0 Å². The molecule has 0 N–H and O–H groups in total. The van der Waals surface area contributed by atoms with E-state index in [0.29, 0.717) is 0 Å². The molecule has 14 heavy (non-hydrogen) atoms. The topological polar surface area (TPSA) is 0 Å². The second-order valence-electron chi connectivity index (χ2n) is 3.79. The van der Waals surface area contributed by atoms with E-state index in [1.807, 2.05) is 0 Å². The summed E-state index contributed by atoms with van der Waals surface area (Å²) >= 11 is 0. The second-order valence-corrected chi connectivity index (χ2v) is 3.79. The Kier molecular flexibility index (Phi) is 12.0. The molecule has 0 saturated heterocycles. The first-order valence-electron chi connectivity index (χ1n) is 6.21. The van der Waals surface area contributed by atoms with E-state index in [0.717, 1.165) is 12.8 Å². The highest BCUT2D eigenvalue weighted by Crippen LogP contribution is 2.05. The fourth-order valence-corrected chi connectivity index (χ4v) is 1.42. The maximum absolute atomic E-state index is 2.33. The molecule has 0 spiro atoms. The smallest absolute Gasteiger partial charge is 0.0169 e. The van der Waals surface area contributed by atoms with Crippen molar-refractivity contribution in [3.8, 4) is 0 Å². The monoisotopic (exact) mass is 194 g/mol. The van der Waals surface area contributed by atoms with Crippen molar-refractivity contribution in [1.82, 2.24) is 0 Å². The lowest BCUT2D eigenvalue weighted by molar-refractivity contribution is 0.637. The van der Waals surface area contributed by atoms with E-state index in [1.54, 1.807) is 0 Å². The Hall–Kier alpha value is -0.520. The fourth-order valence-electron chi connectivity index (χ4n) is 1.42. The van der Waals surface area contributed by atoms with E-state index in [9.17, 15) is 0 Å². The molecular formula is C14H26. The third-order valence-electron chi connectivity index (χ3n) is 2.32. The van der Waals surface area contributed by atoms with Gasteiger partial charge in [-0.15, -0.1) is 0 Å². The van der Waals surface area contributed by atoms with E-state index >= 15 is 0 Å². The minimum absolute atomic E-state index is 1.11. The average molecular weight is 194 g/mol. The van der Waals surface area contributed by atoms with Gasteiger partial charge in [0.25, 0.3) is 0 Å². The molecule has 0 bridgehead atoms. The molecule has 0 aliphatic carbocycles. The summed E-state index contributed by atoms with van der Waals surface area (Å²) in [5.41, 5.74) is 0. The van der Waals surface area contributed by atoms with Crippen LogP contribution in [0.1, 0.15) is 65.2 Å². The number of hydrogen-bond donors (Lipinski definition) is 0. The minimum atomic E-state index is 1.11. The zero-order chi connectivity index (χ0) is 10.5. The largest absolute Gasteiger partial charge is 0.0885 e. The molecule has 0 fully saturated rings. The van der Waals surface area contributed by atoms with Gasteiger partial charge in [0.15, 0.2) is 0 Å². The molecule has 82 valence electrons. The zero-order valence-corrected chi connectivity index (χ0v) is 9.97. The average Bonchev–Trinajstić information content (AvgIpc) is 2.21. The zero-order valence-electron chi connectivity index (χ0n) is 9.97. The third kappa shape index (κ3) is 11.5. The van der Waals surface area contributed by atoms with Gasteiger partial charge in [0.2, 0.25) is 0 Å². The van der Waals surface area contributed by atoms with Crippen LogP contribution in [0.4, 0.5) is 0 Å². The molecule has 0 amide bonds. The van der Waals surface area contributed by atoms with Gasteiger partial charge < -0.3 is 0 Å². The maximum Gasteiger partial charge on any atom is -0.0169 e. The van der Waals surface area contributed by atoms with Gasteiger partial charge >= 0.3 is 0 Å². The van der Waals surface area contributed by atoms with Gasteiger partial charge in [0.05, 0.1) is 0 Å². The summed E-state index contributed by atoms with van der Waals surface area (Å²) in [6.07, 6.45) is 19.6. The van der Waals surface area contributed by atoms with Gasteiger partial charge in [-0.3, -0.25) is 0 Å². The molecule has 0 rings (SSSR count). The molecule has 0 radical (unpaired) electrons. The van der Waals surface area contributed by atoms with Crippen molar-refractivity contribution < 1.29 is 0 Å². The summed E-state index contributed by atoms with van der Waals surface area (Å²) in [6, 6.07) is 0. The Labute approximate surface area is 90.1 Å². The molecule has 0 nitrogen and oxygen atoms in total. The molecule has 0 aromatic carbocycles. The van der Waals surface area contributed by atoms with Gasteiger partial charge in [-0.25, -0.2) is 0 Å². The van der Waals surface area contributed by atoms with Crippen LogP contribution in [-0.2, 0) is 0 Å². The van der Waals surface area contributed by atoms with Crippen molar-refractivity contribution in [3.05, 3.63) is 24.3 Å². The summed E-state index contributed by atoms with van der Waals surface area (Å²) in [5.74, 6) is 0. The predicted molar refractivity (Wildman–Crippen MR) is 66.6 cm³/mol. The Morgan fingerprint density at radius 3 is 2.14 bits per heavy atom. The number of rotatable bonds is 9. The van der Waals surface area contributed by atoms with Gasteiger partial charge in [0.1, 0.15) is 0 Å². The lowest BCUT2D eigenvalue weighted by Gasteiger charge is -1.95. The first-order chi connectivity index (χ1) is 6.91. The van der Waals surface area contributed by atoms with E-state index in [4.69, 9.17) is 0 Å². The molecule has 0 aromatic rings. The van der Waals surface area contributed by atoms with Gasteiger partial charge in [-0.05, 0) is 25.7 Å². The quantitative estimate of drug-likeness (QED) is 0.347. The Balaban J connectivity index is 3.07. The van der Waals surface area contributed by atoms with Gasteiger partial charge in [-0.2, -0.15) is 0 Å². The summed E-state index contributed by atoms with van der Waals surface area (Å²) < 4.78 is 0. The molecule has 0 atom stereocenters. The fraction of sp³-hybridized carbons (Fsp3) is 0.714. The molecule has 0 heterocycles. The standard InChI is InChI=1S/C14H26/c1-3-5-7-9-11-13-14-12-10-8-6-4-2/h5,7,11,13H,3-4,6,8-10,12,14H2,1-2H3/b7-5+,13-11+. The highest BCUT2D eigenvalue weighted by atomic mass is 13.9. The third-order valence-corrected chi connectivity index (χ3v) is 2.32.